The van der Waals surface area contributed by atoms with Crippen LogP contribution in [0.5, 0.6) is 0 Å². The lowest BCUT2D eigenvalue weighted by Crippen LogP contribution is -2.46. The minimum atomic E-state index is -0.473. The van der Waals surface area contributed by atoms with E-state index in [9.17, 15) is 4.79 Å². The predicted octanol–water partition coefficient (Wildman–Crippen LogP) is 4.68. The van der Waals surface area contributed by atoms with Crippen molar-refractivity contribution in [2.24, 2.45) is 9.98 Å². The third-order valence-electron chi connectivity index (χ3n) is 4.65. The van der Waals surface area contributed by atoms with Crippen LogP contribution in [-0.4, -0.2) is 51.9 Å². The van der Waals surface area contributed by atoms with Crippen LogP contribution in [0.2, 0.25) is 0 Å². The Balaban J connectivity index is 1.77. The summed E-state index contributed by atoms with van der Waals surface area (Å²) in [7, 11) is 0. The fraction of sp³-hybridized carbons (Fsp3) is 0.571. The standard InChI is InChI=1S/C21H29N3O2S/c1-6-27-18-17(16-9-7-15(2)8-10-16)22-21(23-18)11-13-24(14-12-21)19(25)26-20(3,4)5/h7-10H,6,11-14H2,1-5H3. The Bertz CT molecular complexity index is 755. The molecule has 1 spiro atoms. The lowest BCUT2D eigenvalue weighted by atomic mass is 9.99. The maximum atomic E-state index is 12.3. The SMILES string of the molecule is CCSC1=NC2(CCN(C(=O)OC(C)(C)C)CC2)N=C1c1ccc(C)cc1. The molecule has 6 heteroatoms. The zero-order valence-corrected chi connectivity index (χ0v) is 17.7. The van der Waals surface area contributed by atoms with E-state index in [1.165, 1.54) is 5.56 Å². The summed E-state index contributed by atoms with van der Waals surface area (Å²) in [6, 6.07) is 8.47. The van der Waals surface area contributed by atoms with Gasteiger partial charge in [0.05, 0.1) is 5.71 Å². The van der Waals surface area contributed by atoms with Crippen LogP contribution in [0.3, 0.4) is 0 Å². The summed E-state index contributed by atoms with van der Waals surface area (Å²) < 4.78 is 5.50. The molecule has 0 aromatic heterocycles. The van der Waals surface area contributed by atoms with Crippen LogP contribution in [0, 0.1) is 6.92 Å². The maximum absolute atomic E-state index is 12.3. The van der Waals surface area contributed by atoms with E-state index in [0.29, 0.717) is 13.1 Å². The van der Waals surface area contributed by atoms with E-state index < -0.39 is 11.3 Å². The zero-order valence-electron chi connectivity index (χ0n) is 16.9. The van der Waals surface area contributed by atoms with Gasteiger partial charge in [-0.3, -0.25) is 4.99 Å². The second-order valence-corrected chi connectivity index (χ2v) is 9.38. The lowest BCUT2D eigenvalue weighted by Gasteiger charge is -2.36. The number of ether oxygens (including phenoxy) is 1. The van der Waals surface area contributed by atoms with Crippen molar-refractivity contribution in [2.45, 2.75) is 58.7 Å². The van der Waals surface area contributed by atoms with E-state index >= 15 is 0 Å². The highest BCUT2D eigenvalue weighted by atomic mass is 32.2. The lowest BCUT2D eigenvalue weighted by molar-refractivity contribution is 0.0175. The monoisotopic (exact) mass is 387 g/mol. The Labute approximate surface area is 166 Å². The van der Waals surface area contributed by atoms with Crippen molar-refractivity contribution in [1.82, 2.24) is 4.90 Å². The highest BCUT2D eigenvalue weighted by Crippen LogP contribution is 2.36. The number of benzene rings is 1. The van der Waals surface area contributed by atoms with Crippen molar-refractivity contribution in [3.63, 3.8) is 0 Å². The number of carbonyl (C=O) groups is 1. The summed E-state index contributed by atoms with van der Waals surface area (Å²) in [6.45, 7) is 11.1. The van der Waals surface area contributed by atoms with E-state index in [4.69, 9.17) is 14.7 Å². The summed E-state index contributed by atoms with van der Waals surface area (Å²) in [5.41, 5.74) is 2.44. The van der Waals surface area contributed by atoms with Crippen molar-refractivity contribution < 1.29 is 9.53 Å². The summed E-state index contributed by atoms with van der Waals surface area (Å²) in [5, 5.41) is 1.02. The zero-order chi connectivity index (χ0) is 19.7. The van der Waals surface area contributed by atoms with Crippen molar-refractivity contribution >= 4 is 28.6 Å². The molecule has 2 heterocycles. The molecule has 0 radical (unpaired) electrons. The smallest absolute Gasteiger partial charge is 0.410 e. The summed E-state index contributed by atoms with van der Waals surface area (Å²) in [4.78, 5) is 24.2. The molecular formula is C21H29N3O2S. The Morgan fingerprint density at radius 3 is 2.37 bits per heavy atom. The predicted molar refractivity (Wildman–Crippen MR) is 113 cm³/mol. The molecule has 3 rings (SSSR count). The molecule has 2 aliphatic heterocycles. The quantitative estimate of drug-likeness (QED) is 0.740. The van der Waals surface area contributed by atoms with Gasteiger partial charge in [-0.25, -0.2) is 9.79 Å². The molecule has 1 amide bonds. The number of hydrogen-bond acceptors (Lipinski definition) is 5. The Kier molecular flexibility index (Phi) is 5.65. The molecule has 1 saturated heterocycles. The molecule has 1 aromatic carbocycles. The van der Waals surface area contributed by atoms with Crippen LogP contribution in [-0.2, 0) is 4.74 Å². The van der Waals surface area contributed by atoms with Gasteiger partial charge in [-0.1, -0.05) is 36.8 Å². The summed E-state index contributed by atoms with van der Waals surface area (Å²) >= 11 is 1.74. The molecule has 0 saturated carbocycles. The molecule has 146 valence electrons. The molecule has 0 bridgehead atoms. The van der Waals surface area contributed by atoms with E-state index in [0.717, 1.165) is 34.9 Å². The molecular weight excluding hydrogens is 358 g/mol. The number of carbonyl (C=O) groups excluding carboxylic acids is 1. The van der Waals surface area contributed by atoms with Gasteiger partial charge < -0.3 is 9.64 Å². The number of thioether (sulfide) groups is 1. The number of aliphatic imine (C=N–C) groups is 2. The number of likely N-dealkylation sites (tertiary alicyclic amines) is 1. The fourth-order valence-corrected chi connectivity index (χ4v) is 4.07. The minimum Gasteiger partial charge on any atom is -0.444 e. The number of piperidine rings is 1. The first-order valence-electron chi connectivity index (χ1n) is 9.59. The van der Waals surface area contributed by atoms with Crippen LogP contribution in [0.1, 0.15) is 51.7 Å². The van der Waals surface area contributed by atoms with Gasteiger partial charge in [0.15, 0.2) is 5.66 Å². The van der Waals surface area contributed by atoms with Gasteiger partial charge in [0.2, 0.25) is 0 Å². The first-order chi connectivity index (χ1) is 12.7. The number of rotatable bonds is 2. The molecule has 5 nitrogen and oxygen atoms in total. The van der Waals surface area contributed by atoms with Gasteiger partial charge in [0, 0.05) is 31.5 Å². The van der Waals surface area contributed by atoms with Gasteiger partial charge in [-0.15, -0.1) is 11.8 Å². The van der Waals surface area contributed by atoms with Gasteiger partial charge >= 0.3 is 6.09 Å². The highest BCUT2D eigenvalue weighted by Gasteiger charge is 2.41. The van der Waals surface area contributed by atoms with Crippen molar-refractivity contribution in [1.29, 1.82) is 0 Å². The van der Waals surface area contributed by atoms with E-state index in [1.54, 1.807) is 16.7 Å². The van der Waals surface area contributed by atoms with Crippen LogP contribution >= 0.6 is 11.8 Å². The van der Waals surface area contributed by atoms with Crippen LogP contribution in [0.4, 0.5) is 4.79 Å². The van der Waals surface area contributed by atoms with Crippen LogP contribution in [0.25, 0.3) is 0 Å². The Morgan fingerprint density at radius 2 is 1.81 bits per heavy atom. The molecule has 1 aromatic rings. The van der Waals surface area contributed by atoms with Gasteiger partial charge in [0.25, 0.3) is 0 Å². The van der Waals surface area contributed by atoms with E-state index in [-0.39, 0.29) is 6.09 Å². The molecule has 0 aliphatic carbocycles. The van der Waals surface area contributed by atoms with Crippen molar-refractivity contribution in [3.05, 3.63) is 35.4 Å². The summed E-state index contributed by atoms with van der Waals surface area (Å²) in [5.74, 6) is 0.962. The largest absolute Gasteiger partial charge is 0.444 e. The fourth-order valence-electron chi connectivity index (χ4n) is 3.26. The topological polar surface area (TPSA) is 54.3 Å². The normalized spacial score (nSPS) is 19.1. The minimum absolute atomic E-state index is 0.245. The first kappa shape index (κ1) is 19.9. The molecule has 0 N–H and O–H groups in total. The van der Waals surface area contributed by atoms with Crippen molar-refractivity contribution in [2.75, 3.05) is 18.8 Å². The molecule has 27 heavy (non-hydrogen) atoms. The first-order valence-corrected chi connectivity index (χ1v) is 10.6. The third kappa shape index (κ3) is 4.72. The number of hydrogen-bond donors (Lipinski definition) is 0. The van der Waals surface area contributed by atoms with Crippen LogP contribution in [0.15, 0.2) is 34.3 Å². The third-order valence-corrected chi connectivity index (χ3v) is 5.50. The highest BCUT2D eigenvalue weighted by molar-refractivity contribution is 8.15. The van der Waals surface area contributed by atoms with E-state index in [2.05, 4.69) is 38.1 Å². The van der Waals surface area contributed by atoms with E-state index in [1.807, 2.05) is 20.8 Å². The number of aryl methyl sites for hydroxylation is 1. The second kappa shape index (κ2) is 7.66. The Hall–Kier alpha value is -1.82. The molecule has 0 unspecified atom stereocenters. The second-order valence-electron chi connectivity index (χ2n) is 8.13. The van der Waals surface area contributed by atoms with Gasteiger partial charge in [-0.2, -0.15) is 0 Å². The molecule has 2 aliphatic rings. The van der Waals surface area contributed by atoms with Crippen LogP contribution < -0.4 is 0 Å². The maximum Gasteiger partial charge on any atom is 0.410 e. The average Bonchev–Trinajstić information content (AvgIpc) is 2.93. The summed E-state index contributed by atoms with van der Waals surface area (Å²) in [6.07, 6.45) is 1.22. The molecule has 0 atom stereocenters. The molecule has 1 fully saturated rings. The van der Waals surface area contributed by atoms with Crippen molar-refractivity contribution in [3.8, 4) is 0 Å². The number of nitrogens with zero attached hydrogens (tertiary/aromatic N) is 3. The van der Waals surface area contributed by atoms with Gasteiger partial charge in [-0.05, 0) is 33.4 Å². The number of amides is 1. The Morgan fingerprint density at radius 1 is 1.19 bits per heavy atom. The average molecular weight is 388 g/mol. The van der Waals surface area contributed by atoms with Gasteiger partial charge in [0.1, 0.15) is 10.6 Å².